The third-order valence-corrected chi connectivity index (χ3v) is 5.92. The Kier molecular flexibility index (Phi) is 5.74. The van der Waals surface area contributed by atoms with Crippen LogP contribution in [0.3, 0.4) is 0 Å². The number of hydrogen-bond acceptors (Lipinski definition) is 5. The second-order valence-electron chi connectivity index (χ2n) is 5.82. The number of likely N-dealkylation sites (N-methyl/N-ethyl adjacent to an activating group) is 1. The molecule has 1 fully saturated rings. The molecule has 1 aromatic rings. The van der Waals surface area contributed by atoms with Crippen LogP contribution in [-0.4, -0.2) is 62.8 Å². The van der Waals surface area contributed by atoms with Gasteiger partial charge in [-0.15, -0.1) is 0 Å². The number of carbonyl (C=O) groups excluding carboxylic acids is 1. The molecule has 1 aliphatic heterocycles. The van der Waals surface area contributed by atoms with Gasteiger partial charge in [0.1, 0.15) is 0 Å². The van der Waals surface area contributed by atoms with E-state index in [0.717, 1.165) is 0 Å². The predicted molar refractivity (Wildman–Crippen MR) is 88.2 cm³/mol. The standard InChI is InChI=1S/C15H24N4O3S/c1-12(16)15(20)17-11-13-5-3-4-6-14(13)23(21,22)19-9-7-18(2)8-10-19/h3-6,12H,7-11,16H2,1-2H3,(H,17,20)/t12-/m1/s1. The van der Waals surface area contributed by atoms with E-state index in [2.05, 4.69) is 10.2 Å². The minimum Gasteiger partial charge on any atom is -0.351 e. The van der Waals surface area contributed by atoms with Gasteiger partial charge in [-0.3, -0.25) is 4.79 Å². The fraction of sp³-hybridized carbons (Fsp3) is 0.533. The highest BCUT2D eigenvalue weighted by atomic mass is 32.2. The molecule has 1 aliphatic rings. The SMILES string of the molecule is C[C@@H](N)C(=O)NCc1ccccc1S(=O)(=O)N1CCN(C)CC1. The Morgan fingerprint density at radius 3 is 2.48 bits per heavy atom. The number of nitrogens with one attached hydrogen (secondary N) is 1. The van der Waals surface area contributed by atoms with Crippen molar-refractivity contribution >= 4 is 15.9 Å². The zero-order chi connectivity index (χ0) is 17.0. The number of benzene rings is 1. The van der Waals surface area contributed by atoms with Gasteiger partial charge in [0.2, 0.25) is 15.9 Å². The van der Waals surface area contributed by atoms with Crippen LogP contribution in [0.2, 0.25) is 0 Å². The summed E-state index contributed by atoms with van der Waals surface area (Å²) in [7, 11) is -1.59. The van der Waals surface area contributed by atoms with E-state index in [4.69, 9.17) is 5.73 Å². The fourth-order valence-electron chi connectivity index (χ4n) is 2.41. The molecule has 1 saturated heterocycles. The minimum absolute atomic E-state index is 0.142. The smallest absolute Gasteiger partial charge is 0.243 e. The Morgan fingerprint density at radius 1 is 1.26 bits per heavy atom. The lowest BCUT2D eigenvalue weighted by molar-refractivity contribution is -0.122. The molecule has 23 heavy (non-hydrogen) atoms. The van der Waals surface area contributed by atoms with E-state index in [1.807, 2.05) is 7.05 Å². The summed E-state index contributed by atoms with van der Waals surface area (Å²) in [6.07, 6.45) is 0. The molecule has 0 bridgehead atoms. The molecule has 7 nitrogen and oxygen atoms in total. The van der Waals surface area contributed by atoms with Crippen molar-refractivity contribution in [1.82, 2.24) is 14.5 Å². The summed E-state index contributed by atoms with van der Waals surface area (Å²) in [6, 6.07) is 6.12. The van der Waals surface area contributed by atoms with Crippen molar-refractivity contribution in [2.24, 2.45) is 5.73 Å². The van der Waals surface area contributed by atoms with E-state index < -0.39 is 16.1 Å². The molecule has 0 spiro atoms. The molecule has 0 aliphatic carbocycles. The van der Waals surface area contributed by atoms with Gasteiger partial charge in [-0.1, -0.05) is 18.2 Å². The zero-order valence-electron chi connectivity index (χ0n) is 13.5. The van der Waals surface area contributed by atoms with Gasteiger partial charge in [-0.2, -0.15) is 4.31 Å². The third kappa shape index (κ3) is 4.29. The third-order valence-electron chi connectivity index (χ3n) is 3.92. The highest BCUT2D eigenvalue weighted by Crippen LogP contribution is 2.21. The average molecular weight is 340 g/mol. The number of sulfonamides is 1. The van der Waals surface area contributed by atoms with Gasteiger partial charge in [0, 0.05) is 32.7 Å². The molecule has 3 N–H and O–H groups in total. The molecular formula is C15H24N4O3S. The summed E-state index contributed by atoms with van der Waals surface area (Å²) in [5, 5.41) is 2.67. The van der Waals surface area contributed by atoms with Crippen LogP contribution in [0.4, 0.5) is 0 Å². The summed E-state index contributed by atoms with van der Waals surface area (Å²) < 4.78 is 27.2. The summed E-state index contributed by atoms with van der Waals surface area (Å²) in [5.74, 6) is -0.309. The predicted octanol–water partition coefficient (Wildman–Crippen LogP) is -0.414. The quantitative estimate of drug-likeness (QED) is 0.759. The lowest BCUT2D eigenvalue weighted by Crippen LogP contribution is -2.47. The molecule has 0 unspecified atom stereocenters. The van der Waals surface area contributed by atoms with Gasteiger partial charge in [-0.05, 0) is 25.6 Å². The van der Waals surface area contributed by atoms with Gasteiger partial charge in [0.05, 0.1) is 10.9 Å². The summed E-state index contributed by atoms with van der Waals surface area (Å²) >= 11 is 0. The van der Waals surface area contributed by atoms with Crippen LogP contribution >= 0.6 is 0 Å². The molecular weight excluding hydrogens is 316 g/mol. The van der Waals surface area contributed by atoms with Crippen LogP contribution in [0, 0.1) is 0 Å². The molecule has 1 atom stereocenters. The van der Waals surface area contributed by atoms with Crippen LogP contribution in [0.15, 0.2) is 29.2 Å². The molecule has 1 heterocycles. The fourth-order valence-corrected chi connectivity index (χ4v) is 4.06. The first-order chi connectivity index (χ1) is 10.8. The topological polar surface area (TPSA) is 95.7 Å². The monoisotopic (exact) mass is 340 g/mol. The van der Waals surface area contributed by atoms with Crippen LogP contribution < -0.4 is 11.1 Å². The molecule has 0 saturated carbocycles. The number of carbonyl (C=O) groups is 1. The van der Waals surface area contributed by atoms with Crippen molar-refractivity contribution in [2.75, 3.05) is 33.2 Å². The van der Waals surface area contributed by atoms with E-state index in [0.29, 0.717) is 31.7 Å². The van der Waals surface area contributed by atoms with Gasteiger partial charge in [-0.25, -0.2) is 8.42 Å². The lowest BCUT2D eigenvalue weighted by atomic mass is 10.2. The Bertz CT molecular complexity index is 652. The first-order valence-electron chi connectivity index (χ1n) is 7.62. The number of nitrogens with zero attached hydrogens (tertiary/aromatic N) is 2. The molecule has 128 valence electrons. The highest BCUT2D eigenvalue weighted by molar-refractivity contribution is 7.89. The van der Waals surface area contributed by atoms with Crippen LogP contribution in [0.5, 0.6) is 0 Å². The second kappa shape index (κ2) is 7.39. The maximum atomic E-state index is 12.9. The van der Waals surface area contributed by atoms with Crippen molar-refractivity contribution in [1.29, 1.82) is 0 Å². The van der Waals surface area contributed by atoms with Crippen molar-refractivity contribution in [3.05, 3.63) is 29.8 Å². The second-order valence-corrected chi connectivity index (χ2v) is 7.73. The Morgan fingerprint density at radius 2 is 1.87 bits per heavy atom. The number of piperazine rings is 1. The first kappa shape index (κ1) is 17.9. The van der Waals surface area contributed by atoms with E-state index in [9.17, 15) is 13.2 Å². The van der Waals surface area contributed by atoms with Crippen molar-refractivity contribution in [3.63, 3.8) is 0 Å². The zero-order valence-corrected chi connectivity index (χ0v) is 14.3. The number of hydrogen-bond donors (Lipinski definition) is 2. The Balaban J connectivity index is 2.20. The summed E-state index contributed by atoms with van der Waals surface area (Å²) in [5.41, 5.74) is 6.08. The average Bonchev–Trinajstić information content (AvgIpc) is 2.53. The van der Waals surface area contributed by atoms with E-state index in [1.165, 1.54) is 4.31 Å². The van der Waals surface area contributed by atoms with Gasteiger partial charge in [0.25, 0.3) is 0 Å². The number of amides is 1. The first-order valence-corrected chi connectivity index (χ1v) is 9.06. The maximum Gasteiger partial charge on any atom is 0.243 e. The van der Waals surface area contributed by atoms with E-state index in [-0.39, 0.29) is 17.3 Å². The molecule has 0 radical (unpaired) electrons. The van der Waals surface area contributed by atoms with Crippen LogP contribution in [0.1, 0.15) is 12.5 Å². The molecule has 8 heteroatoms. The minimum atomic E-state index is -3.56. The Labute approximate surface area is 137 Å². The maximum absolute atomic E-state index is 12.9. The van der Waals surface area contributed by atoms with Crippen LogP contribution in [0.25, 0.3) is 0 Å². The van der Waals surface area contributed by atoms with E-state index >= 15 is 0 Å². The largest absolute Gasteiger partial charge is 0.351 e. The molecule has 1 aromatic carbocycles. The molecule has 1 amide bonds. The van der Waals surface area contributed by atoms with Crippen molar-refractivity contribution < 1.29 is 13.2 Å². The van der Waals surface area contributed by atoms with Crippen molar-refractivity contribution in [2.45, 2.75) is 24.4 Å². The summed E-state index contributed by atoms with van der Waals surface area (Å²) in [6.45, 7) is 4.09. The van der Waals surface area contributed by atoms with Gasteiger partial charge in [0.15, 0.2) is 0 Å². The van der Waals surface area contributed by atoms with Gasteiger partial charge < -0.3 is 16.0 Å². The van der Waals surface area contributed by atoms with Gasteiger partial charge >= 0.3 is 0 Å². The molecule has 2 rings (SSSR count). The lowest BCUT2D eigenvalue weighted by Gasteiger charge is -2.32. The number of rotatable bonds is 5. The van der Waals surface area contributed by atoms with Crippen LogP contribution in [-0.2, 0) is 21.4 Å². The number of nitrogens with two attached hydrogens (primary N) is 1. The van der Waals surface area contributed by atoms with Crippen molar-refractivity contribution in [3.8, 4) is 0 Å². The summed E-state index contributed by atoms with van der Waals surface area (Å²) in [4.78, 5) is 14.0. The Hall–Kier alpha value is -1.48. The highest BCUT2D eigenvalue weighted by Gasteiger charge is 2.29. The normalized spacial score (nSPS) is 18.6. The molecule has 0 aromatic heterocycles. The van der Waals surface area contributed by atoms with E-state index in [1.54, 1.807) is 31.2 Å².